The fourth-order valence-electron chi connectivity index (χ4n) is 2.17. The van der Waals surface area contributed by atoms with Gasteiger partial charge in [-0.05, 0) is 24.7 Å². The molecule has 0 heterocycles. The molecule has 1 N–H and O–H groups in total. The van der Waals surface area contributed by atoms with Crippen LogP contribution in [0.5, 0.6) is 0 Å². The zero-order chi connectivity index (χ0) is 12.0. The van der Waals surface area contributed by atoms with Crippen molar-refractivity contribution in [2.24, 2.45) is 11.8 Å². The van der Waals surface area contributed by atoms with Crippen molar-refractivity contribution in [3.63, 3.8) is 0 Å². The lowest BCUT2D eigenvalue weighted by atomic mass is 9.88. The van der Waals surface area contributed by atoms with E-state index in [-0.39, 0.29) is 11.3 Å². The van der Waals surface area contributed by atoms with Crippen molar-refractivity contribution >= 4 is 17.5 Å². The minimum atomic E-state index is 0.184. The molecule has 2 nitrogen and oxygen atoms in total. The second kappa shape index (κ2) is 7.16. The largest absolute Gasteiger partial charge is 0.356 e. The van der Waals surface area contributed by atoms with Crippen LogP contribution in [0.15, 0.2) is 0 Å². The Kier molecular flexibility index (Phi) is 6.18. The van der Waals surface area contributed by atoms with Crippen LogP contribution >= 0.6 is 11.6 Å². The van der Waals surface area contributed by atoms with Gasteiger partial charge in [0.1, 0.15) is 0 Å². The lowest BCUT2D eigenvalue weighted by molar-refractivity contribution is -0.122. The number of alkyl halides is 1. The summed E-state index contributed by atoms with van der Waals surface area (Å²) in [6, 6.07) is 0. The molecule has 0 spiro atoms. The molecule has 1 rings (SSSR count). The first-order valence-electron chi connectivity index (χ1n) is 6.54. The molecule has 0 aromatic carbocycles. The molecule has 0 aliphatic heterocycles. The summed E-state index contributed by atoms with van der Waals surface area (Å²) in [4.78, 5) is 11.6. The number of nitrogens with one attached hydrogen (secondary N) is 1. The van der Waals surface area contributed by atoms with Gasteiger partial charge in [0.2, 0.25) is 5.91 Å². The summed E-state index contributed by atoms with van der Waals surface area (Å²) < 4.78 is 0. The smallest absolute Gasteiger partial charge is 0.220 e. The lowest BCUT2D eigenvalue weighted by Crippen LogP contribution is -2.35. The van der Waals surface area contributed by atoms with Crippen molar-refractivity contribution in [2.75, 3.05) is 6.54 Å². The second-order valence-electron chi connectivity index (χ2n) is 5.08. The van der Waals surface area contributed by atoms with Crippen molar-refractivity contribution < 1.29 is 4.79 Å². The Morgan fingerprint density at radius 2 is 2.12 bits per heavy atom. The molecule has 3 heteroatoms. The van der Waals surface area contributed by atoms with Gasteiger partial charge in [-0.3, -0.25) is 4.79 Å². The van der Waals surface area contributed by atoms with E-state index in [9.17, 15) is 4.79 Å². The molecule has 1 aliphatic rings. The molecule has 0 aromatic heterocycles. The first-order chi connectivity index (χ1) is 7.63. The molecule has 0 radical (unpaired) electrons. The van der Waals surface area contributed by atoms with Crippen LogP contribution in [0.1, 0.15) is 52.4 Å². The van der Waals surface area contributed by atoms with Crippen molar-refractivity contribution in [2.45, 2.75) is 57.7 Å². The van der Waals surface area contributed by atoms with E-state index < -0.39 is 0 Å². The quantitative estimate of drug-likeness (QED) is 0.740. The van der Waals surface area contributed by atoms with Gasteiger partial charge >= 0.3 is 0 Å². The van der Waals surface area contributed by atoms with Gasteiger partial charge in [0, 0.05) is 18.3 Å². The second-order valence-corrected chi connectivity index (χ2v) is 5.64. The molecule has 16 heavy (non-hydrogen) atoms. The van der Waals surface area contributed by atoms with Crippen molar-refractivity contribution in [1.29, 1.82) is 0 Å². The fraction of sp³-hybridized carbons (Fsp3) is 0.923. The van der Waals surface area contributed by atoms with Crippen LogP contribution in [-0.4, -0.2) is 17.8 Å². The summed E-state index contributed by atoms with van der Waals surface area (Å²) in [5.41, 5.74) is 0. The first kappa shape index (κ1) is 13.8. The maximum Gasteiger partial charge on any atom is 0.220 e. The minimum Gasteiger partial charge on any atom is -0.356 e. The third kappa shape index (κ3) is 4.73. The normalized spacial score (nSPS) is 27.4. The number of carbonyl (C=O) groups is 1. The highest BCUT2D eigenvalue weighted by Gasteiger charge is 2.23. The Hall–Kier alpha value is -0.240. The Labute approximate surface area is 104 Å². The van der Waals surface area contributed by atoms with Crippen LogP contribution in [0.2, 0.25) is 0 Å². The Balaban J connectivity index is 2.20. The zero-order valence-corrected chi connectivity index (χ0v) is 11.2. The molecule has 3 unspecified atom stereocenters. The predicted molar refractivity (Wildman–Crippen MR) is 68.7 cm³/mol. The van der Waals surface area contributed by atoms with Crippen molar-refractivity contribution in [3.05, 3.63) is 0 Å². The van der Waals surface area contributed by atoms with Crippen LogP contribution in [0, 0.1) is 11.8 Å². The summed E-state index contributed by atoms with van der Waals surface area (Å²) in [7, 11) is 0. The summed E-state index contributed by atoms with van der Waals surface area (Å²) in [6.07, 6.45) is 6.48. The molecule has 3 atom stereocenters. The van der Waals surface area contributed by atoms with Gasteiger partial charge in [-0.2, -0.15) is 0 Å². The van der Waals surface area contributed by atoms with E-state index in [1.807, 2.05) is 0 Å². The standard InChI is InChI=1S/C13H24ClNO/c1-3-10(2)8-13(16)15-9-11-6-4-5-7-12(11)14/h10-12H,3-9H2,1-2H3,(H,15,16). The maximum absolute atomic E-state index is 11.6. The average Bonchev–Trinajstić information content (AvgIpc) is 2.28. The van der Waals surface area contributed by atoms with E-state index in [4.69, 9.17) is 11.6 Å². The minimum absolute atomic E-state index is 0.184. The number of carbonyl (C=O) groups excluding carboxylic acids is 1. The summed E-state index contributed by atoms with van der Waals surface area (Å²) in [5, 5.41) is 3.29. The molecule has 1 amide bonds. The number of hydrogen-bond acceptors (Lipinski definition) is 1. The van der Waals surface area contributed by atoms with E-state index in [2.05, 4.69) is 19.2 Å². The van der Waals surface area contributed by atoms with Gasteiger partial charge in [-0.1, -0.05) is 33.1 Å². The number of rotatable bonds is 5. The van der Waals surface area contributed by atoms with Gasteiger partial charge in [-0.15, -0.1) is 11.6 Å². The maximum atomic E-state index is 11.6. The Morgan fingerprint density at radius 1 is 1.44 bits per heavy atom. The summed E-state index contributed by atoms with van der Waals surface area (Å²) in [5.74, 6) is 1.15. The van der Waals surface area contributed by atoms with Crippen LogP contribution in [-0.2, 0) is 4.79 Å². The Bertz CT molecular complexity index is 220. The van der Waals surface area contributed by atoms with E-state index >= 15 is 0 Å². The van der Waals surface area contributed by atoms with Gasteiger partial charge < -0.3 is 5.32 Å². The predicted octanol–water partition coefficient (Wildman–Crippen LogP) is 3.34. The molecular formula is C13H24ClNO. The van der Waals surface area contributed by atoms with E-state index in [1.54, 1.807) is 0 Å². The van der Waals surface area contributed by atoms with E-state index in [0.29, 0.717) is 18.3 Å². The van der Waals surface area contributed by atoms with E-state index in [1.165, 1.54) is 12.8 Å². The van der Waals surface area contributed by atoms with Crippen LogP contribution in [0.25, 0.3) is 0 Å². The Morgan fingerprint density at radius 3 is 2.75 bits per heavy atom. The summed E-state index contributed by atoms with van der Waals surface area (Å²) >= 11 is 6.25. The average molecular weight is 246 g/mol. The molecule has 94 valence electrons. The van der Waals surface area contributed by atoms with Crippen molar-refractivity contribution in [3.8, 4) is 0 Å². The van der Waals surface area contributed by atoms with Crippen LogP contribution < -0.4 is 5.32 Å². The first-order valence-corrected chi connectivity index (χ1v) is 6.97. The highest BCUT2D eigenvalue weighted by atomic mass is 35.5. The highest BCUT2D eigenvalue weighted by molar-refractivity contribution is 6.20. The third-order valence-electron chi connectivity index (χ3n) is 3.61. The SMILES string of the molecule is CCC(C)CC(=O)NCC1CCCCC1Cl. The van der Waals surface area contributed by atoms with Gasteiger partial charge in [-0.25, -0.2) is 0 Å². The van der Waals surface area contributed by atoms with Crippen LogP contribution in [0.3, 0.4) is 0 Å². The molecule has 1 saturated carbocycles. The molecule has 0 aromatic rings. The van der Waals surface area contributed by atoms with E-state index in [0.717, 1.165) is 25.8 Å². The molecule has 1 fully saturated rings. The van der Waals surface area contributed by atoms with Crippen LogP contribution in [0.4, 0.5) is 0 Å². The number of halogens is 1. The molecule has 1 aliphatic carbocycles. The molecular weight excluding hydrogens is 222 g/mol. The van der Waals surface area contributed by atoms with Gasteiger partial charge in [0.15, 0.2) is 0 Å². The van der Waals surface area contributed by atoms with Gasteiger partial charge in [0.25, 0.3) is 0 Å². The number of hydrogen-bond donors (Lipinski definition) is 1. The van der Waals surface area contributed by atoms with Crippen molar-refractivity contribution in [1.82, 2.24) is 5.32 Å². The van der Waals surface area contributed by atoms with Gasteiger partial charge in [0.05, 0.1) is 0 Å². The fourth-order valence-corrected chi connectivity index (χ4v) is 2.54. The third-order valence-corrected chi connectivity index (χ3v) is 4.18. The zero-order valence-electron chi connectivity index (χ0n) is 10.5. The monoisotopic (exact) mass is 245 g/mol. The topological polar surface area (TPSA) is 29.1 Å². The summed E-state index contributed by atoms with van der Waals surface area (Å²) in [6.45, 7) is 5.00. The molecule has 0 saturated heterocycles. The number of amides is 1. The lowest BCUT2D eigenvalue weighted by Gasteiger charge is -2.27. The highest BCUT2D eigenvalue weighted by Crippen LogP contribution is 2.27. The molecule has 0 bridgehead atoms.